The normalized spacial score (nSPS) is 18.7. The van der Waals surface area contributed by atoms with Gasteiger partial charge in [-0.25, -0.2) is 0 Å². The Balaban J connectivity index is 1.79. The highest BCUT2D eigenvalue weighted by molar-refractivity contribution is 9.10. The Morgan fingerprint density at radius 2 is 2.10 bits per heavy atom. The first-order chi connectivity index (χ1) is 10.1. The fourth-order valence-corrected chi connectivity index (χ4v) is 3.25. The molecule has 0 saturated heterocycles. The van der Waals surface area contributed by atoms with Gasteiger partial charge in [-0.05, 0) is 54.5 Å². The third-order valence-corrected chi connectivity index (χ3v) is 5.12. The Hall–Kier alpha value is -1.32. The topological polar surface area (TPSA) is 35.2 Å². The van der Waals surface area contributed by atoms with Gasteiger partial charge < -0.3 is 10.5 Å². The molecule has 110 valence electrons. The molecular weight excluding hydrogens is 326 g/mol. The van der Waals surface area contributed by atoms with Crippen molar-refractivity contribution in [3.05, 3.63) is 63.6 Å². The summed E-state index contributed by atoms with van der Waals surface area (Å²) in [7, 11) is 0. The lowest BCUT2D eigenvalue weighted by atomic mass is 9.85. The van der Waals surface area contributed by atoms with E-state index in [1.54, 1.807) is 0 Å². The first-order valence-electron chi connectivity index (χ1n) is 7.38. The molecule has 0 saturated carbocycles. The van der Waals surface area contributed by atoms with Crippen LogP contribution in [-0.4, -0.2) is 6.61 Å². The van der Waals surface area contributed by atoms with Crippen LogP contribution in [0.15, 0.2) is 46.9 Å². The Bertz CT molecular complexity index is 641. The molecule has 1 aliphatic heterocycles. The maximum Gasteiger partial charge on any atom is 0.122 e. The molecule has 0 radical (unpaired) electrons. The molecule has 2 N–H and O–H groups in total. The van der Waals surface area contributed by atoms with Gasteiger partial charge in [-0.15, -0.1) is 0 Å². The summed E-state index contributed by atoms with van der Waals surface area (Å²) in [6.07, 6.45) is 2.00. The Morgan fingerprint density at radius 1 is 1.29 bits per heavy atom. The number of rotatable bonds is 3. The minimum Gasteiger partial charge on any atom is -0.493 e. The highest BCUT2D eigenvalue weighted by Crippen LogP contribution is 2.38. The summed E-state index contributed by atoms with van der Waals surface area (Å²) in [5.41, 5.74) is 10.2. The van der Waals surface area contributed by atoms with Crippen LogP contribution >= 0.6 is 15.9 Å². The number of halogens is 1. The quantitative estimate of drug-likeness (QED) is 0.873. The monoisotopic (exact) mass is 345 g/mol. The number of aryl methyl sites for hydroxylation is 1. The second-order valence-electron chi connectivity index (χ2n) is 5.72. The van der Waals surface area contributed by atoms with Crippen LogP contribution in [0, 0.1) is 6.92 Å². The minimum absolute atomic E-state index is 0.0629. The third kappa shape index (κ3) is 3.14. The van der Waals surface area contributed by atoms with Gasteiger partial charge in [0.05, 0.1) is 6.61 Å². The van der Waals surface area contributed by atoms with Gasteiger partial charge in [-0.3, -0.25) is 0 Å². The maximum absolute atomic E-state index is 6.45. The van der Waals surface area contributed by atoms with Crippen molar-refractivity contribution < 1.29 is 4.74 Å². The van der Waals surface area contributed by atoms with Crippen LogP contribution in [0.5, 0.6) is 5.75 Å². The van der Waals surface area contributed by atoms with E-state index in [0.29, 0.717) is 5.92 Å². The van der Waals surface area contributed by atoms with Crippen LogP contribution in [0.25, 0.3) is 0 Å². The van der Waals surface area contributed by atoms with Crippen molar-refractivity contribution in [2.75, 3.05) is 6.61 Å². The molecule has 2 aromatic rings. The predicted molar refractivity (Wildman–Crippen MR) is 89.7 cm³/mol. The molecule has 3 heteroatoms. The van der Waals surface area contributed by atoms with E-state index in [1.165, 1.54) is 16.7 Å². The molecule has 1 aliphatic rings. The Labute approximate surface area is 134 Å². The molecule has 3 rings (SSSR count). The smallest absolute Gasteiger partial charge is 0.122 e. The molecule has 2 atom stereocenters. The van der Waals surface area contributed by atoms with Gasteiger partial charge in [0.25, 0.3) is 0 Å². The minimum atomic E-state index is 0.0629. The lowest BCUT2D eigenvalue weighted by Gasteiger charge is -2.28. The molecule has 21 heavy (non-hydrogen) atoms. The number of para-hydroxylation sites is 1. The van der Waals surface area contributed by atoms with Gasteiger partial charge >= 0.3 is 0 Å². The van der Waals surface area contributed by atoms with Crippen molar-refractivity contribution in [3.8, 4) is 5.75 Å². The molecule has 0 spiro atoms. The summed E-state index contributed by atoms with van der Waals surface area (Å²) in [5, 5.41) is 0. The van der Waals surface area contributed by atoms with Crippen molar-refractivity contribution in [2.45, 2.75) is 31.7 Å². The van der Waals surface area contributed by atoms with E-state index in [2.05, 4.69) is 59.3 Å². The summed E-state index contributed by atoms with van der Waals surface area (Å²) in [5.74, 6) is 1.50. The Morgan fingerprint density at radius 3 is 2.90 bits per heavy atom. The van der Waals surface area contributed by atoms with Crippen molar-refractivity contribution in [3.63, 3.8) is 0 Å². The lowest BCUT2D eigenvalue weighted by molar-refractivity contribution is 0.259. The molecule has 0 fully saturated rings. The predicted octanol–water partition coefficient (Wildman–Crippen LogP) is 4.71. The summed E-state index contributed by atoms with van der Waals surface area (Å²) in [6, 6.07) is 14.8. The summed E-state index contributed by atoms with van der Waals surface area (Å²) in [6.45, 7) is 2.89. The zero-order chi connectivity index (χ0) is 14.8. The van der Waals surface area contributed by atoms with E-state index in [9.17, 15) is 0 Å². The van der Waals surface area contributed by atoms with E-state index >= 15 is 0 Å². The maximum atomic E-state index is 6.45. The van der Waals surface area contributed by atoms with E-state index < -0.39 is 0 Å². The number of hydrogen-bond donors (Lipinski definition) is 1. The zero-order valence-electron chi connectivity index (χ0n) is 12.2. The molecule has 2 nitrogen and oxygen atoms in total. The SMILES string of the molecule is Cc1cc(C(N)CC2CCOc3ccccc32)ccc1Br. The van der Waals surface area contributed by atoms with Crippen molar-refractivity contribution >= 4 is 15.9 Å². The van der Waals surface area contributed by atoms with Crippen LogP contribution in [-0.2, 0) is 0 Å². The highest BCUT2D eigenvalue weighted by atomic mass is 79.9. The Kier molecular flexibility index (Phi) is 4.32. The third-order valence-electron chi connectivity index (χ3n) is 4.23. The van der Waals surface area contributed by atoms with E-state index in [0.717, 1.165) is 29.7 Å². The molecule has 2 aromatic carbocycles. The average molecular weight is 346 g/mol. The number of nitrogens with two attached hydrogens (primary N) is 1. The van der Waals surface area contributed by atoms with Crippen molar-refractivity contribution in [2.24, 2.45) is 5.73 Å². The fourth-order valence-electron chi connectivity index (χ4n) is 3.00. The van der Waals surface area contributed by atoms with Crippen LogP contribution in [0.1, 0.15) is 41.5 Å². The van der Waals surface area contributed by atoms with Crippen LogP contribution in [0.3, 0.4) is 0 Å². The first-order valence-corrected chi connectivity index (χ1v) is 8.18. The number of benzene rings is 2. The van der Waals surface area contributed by atoms with Gasteiger partial charge in [0.15, 0.2) is 0 Å². The largest absolute Gasteiger partial charge is 0.493 e. The van der Waals surface area contributed by atoms with Gasteiger partial charge in [0.2, 0.25) is 0 Å². The van der Waals surface area contributed by atoms with E-state index in [-0.39, 0.29) is 6.04 Å². The van der Waals surface area contributed by atoms with Gasteiger partial charge in [0, 0.05) is 10.5 Å². The molecule has 2 unspecified atom stereocenters. The highest BCUT2D eigenvalue weighted by Gasteiger charge is 2.23. The molecule has 0 aromatic heterocycles. The summed E-state index contributed by atoms with van der Waals surface area (Å²) in [4.78, 5) is 0. The first kappa shape index (κ1) is 14.6. The van der Waals surface area contributed by atoms with Gasteiger partial charge in [-0.1, -0.05) is 46.3 Å². The number of fused-ring (bicyclic) bond motifs is 1. The van der Waals surface area contributed by atoms with E-state index in [4.69, 9.17) is 10.5 Å². The van der Waals surface area contributed by atoms with Crippen LogP contribution in [0.2, 0.25) is 0 Å². The number of hydrogen-bond acceptors (Lipinski definition) is 2. The van der Waals surface area contributed by atoms with Gasteiger partial charge in [-0.2, -0.15) is 0 Å². The molecule has 0 bridgehead atoms. The van der Waals surface area contributed by atoms with Crippen molar-refractivity contribution in [1.82, 2.24) is 0 Å². The zero-order valence-corrected chi connectivity index (χ0v) is 13.8. The van der Waals surface area contributed by atoms with Crippen molar-refractivity contribution in [1.29, 1.82) is 0 Å². The molecule has 0 aliphatic carbocycles. The van der Waals surface area contributed by atoms with E-state index in [1.807, 2.05) is 6.07 Å². The number of ether oxygens (including phenoxy) is 1. The van der Waals surface area contributed by atoms with Crippen LogP contribution in [0.4, 0.5) is 0 Å². The van der Waals surface area contributed by atoms with Gasteiger partial charge in [0.1, 0.15) is 5.75 Å². The summed E-state index contributed by atoms with van der Waals surface area (Å²) < 4.78 is 6.86. The lowest BCUT2D eigenvalue weighted by Crippen LogP contribution is -2.20. The molecule has 1 heterocycles. The average Bonchev–Trinajstić information content (AvgIpc) is 2.50. The standard InChI is InChI=1S/C18H20BrNO/c1-12-10-14(6-7-16(12)19)17(20)11-13-8-9-21-18-5-3-2-4-15(13)18/h2-7,10,13,17H,8-9,11,20H2,1H3. The van der Waals surface area contributed by atoms with Crippen LogP contribution < -0.4 is 10.5 Å². The fraction of sp³-hybridized carbons (Fsp3) is 0.333. The summed E-state index contributed by atoms with van der Waals surface area (Å²) >= 11 is 3.54. The molecular formula is C18H20BrNO. The second-order valence-corrected chi connectivity index (χ2v) is 6.58. The second kappa shape index (κ2) is 6.20. The molecule has 0 amide bonds.